The fourth-order valence-corrected chi connectivity index (χ4v) is 2.57. The highest BCUT2D eigenvalue weighted by atomic mass is 35.5. The average molecular weight is 277 g/mol. The van der Waals surface area contributed by atoms with E-state index in [2.05, 4.69) is 16.4 Å². The molecule has 1 aliphatic rings. The largest absolute Gasteiger partial charge is 0.310 e. The van der Waals surface area contributed by atoms with Crippen molar-refractivity contribution < 1.29 is 4.39 Å². The van der Waals surface area contributed by atoms with E-state index in [1.807, 2.05) is 12.3 Å². The SMILES string of the molecule is Fc1cc(-c2cncc(C3CCCN3)c2)ccc1Cl. The Balaban J connectivity index is 1.95. The number of hydrogen-bond donors (Lipinski definition) is 1. The molecule has 1 unspecified atom stereocenters. The Kier molecular flexibility index (Phi) is 3.49. The van der Waals surface area contributed by atoms with Gasteiger partial charge in [-0.2, -0.15) is 0 Å². The lowest BCUT2D eigenvalue weighted by Crippen LogP contribution is -2.13. The Morgan fingerprint density at radius 2 is 2.11 bits per heavy atom. The lowest BCUT2D eigenvalue weighted by atomic mass is 10.0. The Labute approximate surface area is 116 Å². The highest BCUT2D eigenvalue weighted by molar-refractivity contribution is 6.30. The van der Waals surface area contributed by atoms with Crippen molar-refractivity contribution >= 4 is 11.6 Å². The summed E-state index contributed by atoms with van der Waals surface area (Å²) in [4.78, 5) is 4.26. The third kappa shape index (κ3) is 2.62. The number of nitrogens with one attached hydrogen (secondary N) is 1. The summed E-state index contributed by atoms with van der Waals surface area (Å²) in [6, 6.07) is 7.27. The van der Waals surface area contributed by atoms with Crippen LogP contribution in [0.2, 0.25) is 5.02 Å². The molecule has 4 heteroatoms. The monoisotopic (exact) mass is 276 g/mol. The van der Waals surface area contributed by atoms with Crippen molar-refractivity contribution in [3.63, 3.8) is 0 Å². The number of aromatic nitrogens is 1. The van der Waals surface area contributed by atoms with E-state index < -0.39 is 5.82 Å². The molecule has 1 fully saturated rings. The van der Waals surface area contributed by atoms with Crippen molar-refractivity contribution in [3.8, 4) is 11.1 Å². The molecule has 98 valence electrons. The van der Waals surface area contributed by atoms with Crippen molar-refractivity contribution in [2.75, 3.05) is 6.54 Å². The van der Waals surface area contributed by atoms with Crippen molar-refractivity contribution in [2.45, 2.75) is 18.9 Å². The summed E-state index contributed by atoms with van der Waals surface area (Å²) in [7, 11) is 0. The van der Waals surface area contributed by atoms with Gasteiger partial charge in [0.05, 0.1) is 5.02 Å². The van der Waals surface area contributed by atoms with Crippen LogP contribution in [0.15, 0.2) is 36.7 Å². The second kappa shape index (κ2) is 5.27. The molecule has 2 heterocycles. The summed E-state index contributed by atoms with van der Waals surface area (Å²) < 4.78 is 13.5. The fourth-order valence-electron chi connectivity index (χ4n) is 2.45. The molecule has 2 aromatic rings. The molecule has 0 spiro atoms. The number of hydrogen-bond acceptors (Lipinski definition) is 2. The number of benzene rings is 1. The molecule has 19 heavy (non-hydrogen) atoms. The fraction of sp³-hybridized carbons (Fsp3) is 0.267. The van der Waals surface area contributed by atoms with Crippen molar-refractivity contribution in [3.05, 3.63) is 53.1 Å². The van der Waals surface area contributed by atoms with Crippen molar-refractivity contribution in [2.24, 2.45) is 0 Å². The summed E-state index contributed by atoms with van der Waals surface area (Å²) in [5, 5.41) is 3.58. The zero-order valence-electron chi connectivity index (χ0n) is 10.4. The summed E-state index contributed by atoms with van der Waals surface area (Å²) in [5.74, 6) is -0.399. The molecule has 0 saturated carbocycles. The number of rotatable bonds is 2. The maximum absolute atomic E-state index is 13.5. The molecular weight excluding hydrogens is 263 g/mol. The highest BCUT2D eigenvalue weighted by Gasteiger charge is 2.17. The summed E-state index contributed by atoms with van der Waals surface area (Å²) in [6.07, 6.45) is 5.93. The van der Waals surface area contributed by atoms with Gasteiger partial charge < -0.3 is 5.32 Å². The zero-order valence-corrected chi connectivity index (χ0v) is 11.1. The summed E-state index contributed by atoms with van der Waals surface area (Å²) >= 11 is 5.70. The molecule has 0 radical (unpaired) electrons. The Morgan fingerprint density at radius 1 is 1.21 bits per heavy atom. The molecule has 1 saturated heterocycles. The highest BCUT2D eigenvalue weighted by Crippen LogP contribution is 2.28. The van der Waals surface area contributed by atoms with Crippen LogP contribution in [0.4, 0.5) is 4.39 Å². The van der Waals surface area contributed by atoms with Crippen LogP contribution in [-0.2, 0) is 0 Å². The maximum atomic E-state index is 13.5. The van der Waals surface area contributed by atoms with E-state index in [0.717, 1.165) is 29.7 Å². The summed E-state index contributed by atoms with van der Waals surface area (Å²) in [6.45, 7) is 1.05. The smallest absolute Gasteiger partial charge is 0.142 e. The van der Waals surface area contributed by atoms with Gasteiger partial charge >= 0.3 is 0 Å². The van der Waals surface area contributed by atoms with Gasteiger partial charge in [0, 0.05) is 24.0 Å². The first kappa shape index (κ1) is 12.6. The van der Waals surface area contributed by atoms with Gasteiger partial charge in [-0.15, -0.1) is 0 Å². The Bertz CT molecular complexity index is 594. The molecular formula is C15H14ClFN2. The van der Waals surface area contributed by atoms with Gasteiger partial charge in [-0.3, -0.25) is 4.98 Å². The minimum atomic E-state index is -0.399. The van der Waals surface area contributed by atoms with Gasteiger partial charge in [-0.1, -0.05) is 17.7 Å². The van der Waals surface area contributed by atoms with E-state index in [4.69, 9.17) is 11.6 Å². The lowest BCUT2D eigenvalue weighted by molar-refractivity contribution is 0.628. The van der Waals surface area contributed by atoms with E-state index in [1.165, 1.54) is 12.5 Å². The van der Waals surface area contributed by atoms with Crippen LogP contribution in [-0.4, -0.2) is 11.5 Å². The maximum Gasteiger partial charge on any atom is 0.142 e. The van der Waals surface area contributed by atoms with Gasteiger partial charge in [0.15, 0.2) is 0 Å². The molecule has 1 atom stereocenters. The number of halogens is 2. The predicted octanol–water partition coefficient (Wildman–Crippen LogP) is 3.97. The van der Waals surface area contributed by atoms with E-state index >= 15 is 0 Å². The molecule has 0 bridgehead atoms. The van der Waals surface area contributed by atoms with Gasteiger partial charge in [-0.25, -0.2) is 4.39 Å². The molecule has 2 nitrogen and oxygen atoms in total. The third-order valence-corrected chi connectivity index (χ3v) is 3.78. The van der Waals surface area contributed by atoms with Gasteiger partial charge in [0.2, 0.25) is 0 Å². The normalized spacial score (nSPS) is 18.7. The Morgan fingerprint density at radius 3 is 2.84 bits per heavy atom. The molecule has 0 aliphatic carbocycles. The van der Waals surface area contributed by atoms with Crippen LogP contribution in [0.3, 0.4) is 0 Å². The zero-order chi connectivity index (χ0) is 13.2. The van der Waals surface area contributed by atoms with Gasteiger partial charge in [0.25, 0.3) is 0 Å². The molecule has 1 aliphatic heterocycles. The minimum Gasteiger partial charge on any atom is -0.310 e. The molecule has 1 aromatic heterocycles. The minimum absolute atomic E-state index is 0.144. The number of nitrogens with zero attached hydrogens (tertiary/aromatic N) is 1. The molecule has 0 amide bonds. The molecule has 1 N–H and O–H groups in total. The second-order valence-corrected chi connectivity index (χ2v) is 5.19. The van der Waals surface area contributed by atoms with Crippen molar-refractivity contribution in [1.29, 1.82) is 0 Å². The lowest BCUT2D eigenvalue weighted by Gasteiger charge is -2.11. The first-order valence-electron chi connectivity index (χ1n) is 6.38. The summed E-state index contributed by atoms with van der Waals surface area (Å²) in [5.41, 5.74) is 2.88. The first-order valence-corrected chi connectivity index (χ1v) is 6.75. The van der Waals surface area contributed by atoms with Crippen LogP contribution < -0.4 is 5.32 Å². The van der Waals surface area contributed by atoms with Gasteiger partial charge in [-0.05, 0) is 48.7 Å². The molecule has 1 aromatic carbocycles. The van der Waals surface area contributed by atoms with Crippen LogP contribution in [0.5, 0.6) is 0 Å². The number of pyridine rings is 1. The van der Waals surface area contributed by atoms with Crippen LogP contribution in [0.1, 0.15) is 24.4 Å². The topological polar surface area (TPSA) is 24.9 Å². The first-order chi connectivity index (χ1) is 9.24. The van der Waals surface area contributed by atoms with Crippen LogP contribution >= 0.6 is 11.6 Å². The van der Waals surface area contributed by atoms with E-state index in [0.29, 0.717) is 6.04 Å². The van der Waals surface area contributed by atoms with E-state index in [-0.39, 0.29) is 5.02 Å². The van der Waals surface area contributed by atoms with Gasteiger partial charge in [0.1, 0.15) is 5.82 Å². The van der Waals surface area contributed by atoms with E-state index in [1.54, 1.807) is 12.3 Å². The van der Waals surface area contributed by atoms with Crippen LogP contribution in [0, 0.1) is 5.82 Å². The molecule has 3 rings (SSSR count). The van der Waals surface area contributed by atoms with Crippen molar-refractivity contribution in [1.82, 2.24) is 10.3 Å². The predicted molar refractivity (Wildman–Crippen MR) is 74.6 cm³/mol. The Hall–Kier alpha value is -1.45. The second-order valence-electron chi connectivity index (χ2n) is 4.78. The van der Waals surface area contributed by atoms with E-state index in [9.17, 15) is 4.39 Å². The quantitative estimate of drug-likeness (QED) is 0.898. The average Bonchev–Trinajstić information content (AvgIpc) is 2.96. The van der Waals surface area contributed by atoms with Crippen LogP contribution in [0.25, 0.3) is 11.1 Å². The standard InChI is InChI=1S/C15H14ClFN2/c16-13-4-3-10(7-14(13)17)11-6-12(9-18-8-11)15-2-1-5-19-15/h3-4,6-9,15,19H,1-2,5H2. The third-order valence-electron chi connectivity index (χ3n) is 3.48.